The number of hydrogen-bond donors (Lipinski definition) is 1. The minimum absolute atomic E-state index is 0.100. The highest BCUT2D eigenvalue weighted by molar-refractivity contribution is 5.74. The Hall–Kier alpha value is -3.50. The molecular weight excluding hydrogens is 396 g/mol. The van der Waals surface area contributed by atoms with Crippen LogP contribution in [0.5, 0.6) is 0 Å². The number of rotatable bonds is 4. The molecule has 11 heteroatoms. The van der Waals surface area contributed by atoms with Crippen molar-refractivity contribution >= 4 is 28.4 Å². The summed E-state index contributed by atoms with van der Waals surface area (Å²) < 4.78 is 4.99. The minimum atomic E-state index is -0.135. The fraction of sp³-hybridized carbons (Fsp3) is 0.500. The predicted molar refractivity (Wildman–Crippen MR) is 117 cm³/mol. The molecule has 0 bridgehead atoms. The van der Waals surface area contributed by atoms with Gasteiger partial charge in [0.2, 0.25) is 5.95 Å². The van der Waals surface area contributed by atoms with Crippen molar-refractivity contribution in [2.45, 2.75) is 26.2 Å². The van der Waals surface area contributed by atoms with Gasteiger partial charge in [0.1, 0.15) is 11.2 Å². The molecule has 11 nitrogen and oxygen atoms in total. The van der Waals surface area contributed by atoms with Gasteiger partial charge in [-0.1, -0.05) is 20.8 Å². The van der Waals surface area contributed by atoms with Crippen LogP contribution >= 0.6 is 0 Å². The van der Waals surface area contributed by atoms with Crippen LogP contribution in [0, 0.1) is 5.92 Å². The first-order valence-electron chi connectivity index (χ1n) is 10.3. The van der Waals surface area contributed by atoms with Gasteiger partial charge < -0.3 is 10.2 Å². The molecule has 4 aromatic heterocycles. The molecule has 1 saturated heterocycles. The molecule has 0 unspecified atom stereocenters. The first-order chi connectivity index (χ1) is 14.7. The summed E-state index contributed by atoms with van der Waals surface area (Å²) in [6.45, 7) is 8.79. The van der Waals surface area contributed by atoms with E-state index in [9.17, 15) is 4.79 Å². The van der Waals surface area contributed by atoms with Crippen molar-refractivity contribution < 1.29 is 0 Å². The van der Waals surface area contributed by atoms with Crippen molar-refractivity contribution in [3.05, 3.63) is 34.5 Å². The summed E-state index contributed by atoms with van der Waals surface area (Å²) in [7, 11) is 3.51. The molecule has 1 fully saturated rings. The molecule has 0 aliphatic carbocycles. The van der Waals surface area contributed by atoms with Gasteiger partial charge in [-0.05, 0) is 12.1 Å². The van der Waals surface area contributed by atoms with Crippen LogP contribution in [-0.4, -0.2) is 58.8 Å². The van der Waals surface area contributed by atoms with E-state index in [0.29, 0.717) is 22.9 Å². The van der Waals surface area contributed by atoms with Gasteiger partial charge in [0, 0.05) is 45.1 Å². The summed E-state index contributed by atoms with van der Waals surface area (Å²) in [6, 6.07) is 3.95. The number of aryl methyl sites for hydroxylation is 1. The van der Waals surface area contributed by atoms with Crippen LogP contribution in [0.25, 0.3) is 16.7 Å². The number of nitrogens with zero attached hydrogens (tertiary/aromatic N) is 9. The van der Waals surface area contributed by atoms with Gasteiger partial charge in [-0.2, -0.15) is 14.6 Å². The van der Waals surface area contributed by atoms with E-state index < -0.39 is 0 Å². The predicted octanol–water partition coefficient (Wildman–Crippen LogP) is 0.950. The molecule has 5 heterocycles. The molecule has 0 radical (unpaired) electrons. The van der Waals surface area contributed by atoms with Crippen LogP contribution in [0.15, 0.2) is 23.1 Å². The Morgan fingerprint density at radius 2 is 1.94 bits per heavy atom. The summed E-state index contributed by atoms with van der Waals surface area (Å²) in [5.41, 5.74) is 1.11. The van der Waals surface area contributed by atoms with Gasteiger partial charge >= 0.3 is 0 Å². The standard InChI is InChI=1S/C20H26N10O/c1-20(2,3)18-25-24-14-6-7-15(26-30(14)18)29-10-12(11-29)8-21-19-23-16-13(9-22-28(16)5)17(31)27(19)4/h6-7,9,12H,8,10-11H2,1-5H3,(H,21,23). The third kappa shape index (κ3) is 3.20. The van der Waals surface area contributed by atoms with Crippen LogP contribution in [0.4, 0.5) is 11.8 Å². The number of nitrogens with one attached hydrogen (secondary N) is 1. The second-order valence-electron chi connectivity index (χ2n) is 9.19. The number of anilines is 2. The summed E-state index contributed by atoms with van der Waals surface area (Å²) in [5.74, 6) is 2.74. The van der Waals surface area contributed by atoms with E-state index in [2.05, 4.69) is 51.3 Å². The van der Waals surface area contributed by atoms with Crippen LogP contribution in [0.3, 0.4) is 0 Å². The molecule has 0 saturated carbocycles. The third-order valence-electron chi connectivity index (χ3n) is 5.72. The quantitative estimate of drug-likeness (QED) is 0.518. The van der Waals surface area contributed by atoms with Gasteiger partial charge in [0.15, 0.2) is 17.1 Å². The minimum Gasteiger partial charge on any atom is -0.355 e. The zero-order chi connectivity index (χ0) is 21.9. The lowest BCUT2D eigenvalue weighted by molar-refractivity contribution is 0.422. The molecule has 162 valence electrons. The molecule has 1 N–H and O–H groups in total. The van der Waals surface area contributed by atoms with E-state index in [4.69, 9.17) is 5.10 Å². The van der Waals surface area contributed by atoms with Crippen LogP contribution < -0.4 is 15.8 Å². The first-order valence-corrected chi connectivity index (χ1v) is 10.3. The van der Waals surface area contributed by atoms with E-state index >= 15 is 0 Å². The zero-order valence-corrected chi connectivity index (χ0v) is 18.4. The molecule has 0 spiro atoms. The maximum absolute atomic E-state index is 12.5. The number of hydrogen-bond acceptors (Lipinski definition) is 8. The van der Waals surface area contributed by atoms with Crippen LogP contribution in [0.2, 0.25) is 0 Å². The number of aromatic nitrogens is 8. The first kappa shape index (κ1) is 19.5. The molecule has 31 heavy (non-hydrogen) atoms. The Kier molecular flexibility index (Phi) is 4.24. The lowest BCUT2D eigenvalue weighted by Gasteiger charge is -2.40. The van der Waals surface area contributed by atoms with Crippen molar-refractivity contribution in [3.8, 4) is 0 Å². The zero-order valence-electron chi connectivity index (χ0n) is 18.4. The Balaban J connectivity index is 1.28. The number of fused-ring (bicyclic) bond motifs is 2. The second-order valence-corrected chi connectivity index (χ2v) is 9.19. The van der Waals surface area contributed by atoms with Gasteiger partial charge in [-0.15, -0.1) is 15.3 Å². The van der Waals surface area contributed by atoms with Crippen molar-refractivity contribution in [1.82, 2.24) is 39.1 Å². The van der Waals surface area contributed by atoms with Crippen LogP contribution in [0.1, 0.15) is 26.6 Å². The average molecular weight is 422 g/mol. The highest BCUT2D eigenvalue weighted by Gasteiger charge is 2.29. The van der Waals surface area contributed by atoms with Crippen molar-refractivity contribution in [3.63, 3.8) is 0 Å². The third-order valence-corrected chi connectivity index (χ3v) is 5.72. The van der Waals surface area contributed by atoms with Gasteiger partial charge in [-0.3, -0.25) is 14.0 Å². The topological polar surface area (TPSA) is 111 Å². The lowest BCUT2D eigenvalue weighted by Crippen LogP contribution is -2.50. The molecule has 0 aromatic carbocycles. The van der Waals surface area contributed by atoms with E-state index in [-0.39, 0.29) is 11.0 Å². The molecule has 5 rings (SSSR count). The van der Waals surface area contributed by atoms with Gasteiger partial charge in [0.05, 0.1) is 6.20 Å². The molecule has 1 aliphatic heterocycles. The van der Waals surface area contributed by atoms with Crippen LogP contribution in [-0.2, 0) is 19.5 Å². The lowest BCUT2D eigenvalue weighted by atomic mass is 9.96. The Labute approximate surface area is 178 Å². The van der Waals surface area contributed by atoms with E-state index in [1.54, 1.807) is 25.0 Å². The smallest absolute Gasteiger partial charge is 0.265 e. The summed E-state index contributed by atoms with van der Waals surface area (Å²) in [4.78, 5) is 19.3. The Morgan fingerprint density at radius 1 is 1.16 bits per heavy atom. The maximum atomic E-state index is 12.5. The van der Waals surface area contributed by atoms with E-state index in [0.717, 1.165) is 36.9 Å². The van der Waals surface area contributed by atoms with E-state index in [1.165, 1.54) is 4.57 Å². The molecule has 0 atom stereocenters. The monoisotopic (exact) mass is 422 g/mol. The van der Waals surface area contributed by atoms with Crippen molar-refractivity contribution in [1.29, 1.82) is 0 Å². The highest BCUT2D eigenvalue weighted by Crippen LogP contribution is 2.25. The summed E-state index contributed by atoms with van der Waals surface area (Å²) in [6.07, 6.45) is 1.56. The molecular formula is C20H26N10O. The van der Waals surface area contributed by atoms with Crippen molar-refractivity contribution in [2.75, 3.05) is 29.9 Å². The summed E-state index contributed by atoms with van der Waals surface area (Å²) >= 11 is 0. The maximum Gasteiger partial charge on any atom is 0.265 e. The Bertz CT molecular complexity index is 1340. The SMILES string of the molecule is Cn1c(NCC2CN(c3ccc4nnc(C(C)(C)C)n4n3)C2)nc2c(cnn2C)c1=O. The molecule has 4 aromatic rings. The summed E-state index contributed by atoms with van der Waals surface area (Å²) in [5, 5.41) is 21.3. The van der Waals surface area contributed by atoms with Gasteiger partial charge in [-0.25, -0.2) is 0 Å². The average Bonchev–Trinajstić information content (AvgIpc) is 3.27. The molecule has 1 aliphatic rings. The second kappa shape index (κ2) is 6.76. The fourth-order valence-corrected chi connectivity index (χ4v) is 3.86. The fourth-order valence-electron chi connectivity index (χ4n) is 3.86. The Morgan fingerprint density at radius 3 is 2.68 bits per heavy atom. The highest BCUT2D eigenvalue weighted by atomic mass is 16.1. The van der Waals surface area contributed by atoms with E-state index in [1.807, 2.05) is 16.6 Å². The molecule has 0 amide bonds. The normalized spacial score (nSPS) is 15.1. The van der Waals surface area contributed by atoms with Crippen molar-refractivity contribution in [2.24, 2.45) is 20.0 Å². The largest absolute Gasteiger partial charge is 0.355 e. The van der Waals surface area contributed by atoms with Gasteiger partial charge in [0.25, 0.3) is 5.56 Å².